The Hall–Kier alpha value is -0.280. The van der Waals surface area contributed by atoms with Crippen LogP contribution in [0.15, 0.2) is 18.2 Å². The summed E-state index contributed by atoms with van der Waals surface area (Å²) < 4.78 is 5.78. The lowest BCUT2D eigenvalue weighted by atomic mass is 10.1. The molecule has 0 aromatic heterocycles. The van der Waals surface area contributed by atoms with Crippen LogP contribution in [0.4, 0.5) is 0 Å². The number of rotatable bonds is 4. The minimum absolute atomic E-state index is 0.249. The number of nitrogens with one attached hydrogen (secondary N) is 1. The number of benzene rings is 1. The highest BCUT2D eigenvalue weighted by Gasteiger charge is 2.21. The van der Waals surface area contributed by atoms with Gasteiger partial charge in [-0.05, 0) is 44.4 Å². The zero-order valence-electron chi connectivity index (χ0n) is 10.7. The van der Waals surface area contributed by atoms with Crippen LogP contribution in [0.2, 0.25) is 10.0 Å². The zero-order valence-corrected chi connectivity index (χ0v) is 12.3. The summed E-state index contributed by atoms with van der Waals surface area (Å²) in [6.07, 6.45) is 3.04. The van der Waals surface area contributed by atoms with Crippen molar-refractivity contribution in [2.75, 3.05) is 6.54 Å². The standard InChI is InChI=1S/C14H19Cl2NO/c1-9-3-5-12(18-9)8-17-10(2)11-4-6-13(15)14(16)7-11/h4,6-7,9-10,12,17H,3,5,8H2,1-2H3. The summed E-state index contributed by atoms with van der Waals surface area (Å²) in [6.45, 7) is 5.13. The fourth-order valence-electron chi connectivity index (χ4n) is 2.24. The SMILES string of the molecule is CC1CCC(CNC(C)c2ccc(Cl)c(Cl)c2)O1. The summed E-state index contributed by atoms with van der Waals surface area (Å²) in [5.74, 6) is 0. The van der Waals surface area contributed by atoms with Gasteiger partial charge < -0.3 is 10.1 Å². The van der Waals surface area contributed by atoms with Gasteiger partial charge in [-0.3, -0.25) is 0 Å². The summed E-state index contributed by atoms with van der Waals surface area (Å²) in [4.78, 5) is 0. The van der Waals surface area contributed by atoms with Gasteiger partial charge in [0.2, 0.25) is 0 Å². The molecule has 1 aromatic carbocycles. The molecule has 1 aromatic rings. The second kappa shape index (κ2) is 6.25. The van der Waals surface area contributed by atoms with Crippen molar-refractivity contribution in [1.29, 1.82) is 0 Å². The highest BCUT2D eigenvalue weighted by Crippen LogP contribution is 2.26. The molecule has 1 saturated heterocycles. The Bertz CT molecular complexity index is 411. The molecule has 4 heteroatoms. The quantitative estimate of drug-likeness (QED) is 0.896. The molecule has 0 saturated carbocycles. The molecular weight excluding hydrogens is 269 g/mol. The zero-order chi connectivity index (χ0) is 13.1. The Labute approximate surface area is 119 Å². The average Bonchev–Trinajstić information content (AvgIpc) is 2.75. The minimum atomic E-state index is 0.249. The monoisotopic (exact) mass is 287 g/mol. The van der Waals surface area contributed by atoms with Crippen molar-refractivity contribution in [3.05, 3.63) is 33.8 Å². The van der Waals surface area contributed by atoms with E-state index in [1.54, 1.807) is 0 Å². The highest BCUT2D eigenvalue weighted by atomic mass is 35.5. The fraction of sp³-hybridized carbons (Fsp3) is 0.571. The molecule has 3 unspecified atom stereocenters. The lowest BCUT2D eigenvalue weighted by molar-refractivity contribution is 0.0546. The summed E-state index contributed by atoms with van der Waals surface area (Å²) in [5, 5.41) is 4.68. The first-order valence-electron chi connectivity index (χ1n) is 6.40. The summed E-state index contributed by atoms with van der Waals surface area (Å²) in [7, 11) is 0. The van der Waals surface area contributed by atoms with Gasteiger partial charge in [-0.1, -0.05) is 29.3 Å². The average molecular weight is 288 g/mol. The molecule has 3 atom stereocenters. The number of halogens is 2. The fourth-order valence-corrected chi connectivity index (χ4v) is 2.55. The van der Waals surface area contributed by atoms with Crippen molar-refractivity contribution < 1.29 is 4.74 Å². The molecule has 0 bridgehead atoms. The first-order valence-corrected chi connectivity index (χ1v) is 7.15. The highest BCUT2D eigenvalue weighted by molar-refractivity contribution is 6.42. The third kappa shape index (κ3) is 3.61. The van der Waals surface area contributed by atoms with Gasteiger partial charge in [-0.2, -0.15) is 0 Å². The summed E-state index contributed by atoms with van der Waals surface area (Å²) in [6, 6.07) is 6.01. The van der Waals surface area contributed by atoms with Crippen molar-refractivity contribution in [3.63, 3.8) is 0 Å². The summed E-state index contributed by atoms with van der Waals surface area (Å²) in [5.41, 5.74) is 1.15. The topological polar surface area (TPSA) is 21.3 Å². The van der Waals surface area contributed by atoms with E-state index in [1.165, 1.54) is 0 Å². The Morgan fingerprint density at radius 3 is 2.72 bits per heavy atom. The molecule has 1 fully saturated rings. The number of hydrogen-bond acceptors (Lipinski definition) is 2. The third-order valence-electron chi connectivity index (χ3n) is 3.42. The predicted octanol–water partition coefficient (Wildman–Crippen LogP) is 4.21. The van der Waals surface area contributed by atoms with E-state index in [2.05, 4.69) is 19.2 Å². The van der Waals surface area contributed by atoms with Crippen molar-refractivity contribution >= 4 is 23.2 Å². The molecular formula is C14H19Cl2NO. The van der Waals surface area contributed by atoms with Gasteiger partial charge in [0, 0.05) is 12.6 Å². The Kier molecular flexibility index (Phi) is 4.91. The van der Waals surface area contributed by atoms with Gasteiger partial charge in [-0.25, -0.2) is 0 Å². The van der Waals surface area contributed by atoms with E-state index in [9.17, 15) is 0 Å². The van der Waals surface area contributed by atoms with E-state index in [1.807, 2.05) is 18.2 Å². The largest absolute Gasteiger partial charge is 0.374 e. The molecule has 0 radical (unpaired) electrons. The van der Waals surface area contributed by atoms with Crippen LogP contribution in [0.1, 0.15) is 38.3 Å². The molecule has 1 aliphatic heterocycles. The van der Waals surface area contributed by atoms with Crippen LogP contribution < -0.4 is 5.32 Å². The van der Waals surface area contributed by atoms with Gasteiger partial charge in [0.25, 0.3) is 0 Å². The number of ether oxygens (including phenoxy) is 1. The minimum Gasteiger partial charge on any atom is -0.374 e. The molecule has 1 N–H and O–H groups in total. The third-order valence-corrected chi connectivity index (χ3v) is 4.15. The lowest BCUT2D eigenvalue weighted by Gasteiger charge is -2.18. The van der Waals surface area contributed by atoms with E-state index < -0.39 is 0 Å². The van der Waals surface area contributed by atoms with Crippen LogP contribution in [0.5, 0.6) is 0 Å². The van der Waals surface area contributed by atoms with Crippen LogP contribution in [-0.2, 0) is 4.74 Å². The van der Waals surface area contributed by atoms with Crippen LogP contribution in [-0.4, -0.2) is 18.8 Å². The second-order valence-electron chi connectivity index (χ2n) is 4.95. The van der Waals surface area contributed by atoms with Crippen LogP contribution in [0, 0.1) is 0 Å². The van der Waals surface area contributed by atoms with Gasteiger partial charge >= 0.3 is 0 Å². The van der Waals surface area contributed by atoms with Crippen molar-refractivity contribution in [1.82, 2.24) is 5.32 Å². The molecule has 0 amide bonds. The Balaban J connectivity index is 1.87. The van der Waals surface area contributed by atoms with Gasteiger partial charge in [0.15, 0.2) is 0 Å². The van der Waals surface area contributed by atoms with E-state index >= 15 is 0 Å². The van der Waals surface area contributed by atoms with Gasteiger partial charge in [-0.15, -0.1) is 0 Å². The van der Waals surface area contributed by atoms with E-state index in [0.29, 0.717) is 22.3 Å². The van der Waals surface area contributed by atoms with E-state index in [0.717, 1.165) is 24.9 Å². The maximum Gasteiger partial charge on any atom is 0.0704 e. The molecule has 0 spiro atoms. The second-order valence-corrected chi connectivity index (χ2v) is 5.76. The Morgan fingerprint density at radius 2 is 2.11 bits per heavy atom. The molecule has 1 aliphatic rings. The molecule has 18 heavy (non-hydrogen) atoms. The molecule has 100 valence electrons. The molecule has 0 aliphatic carbocycles. The summed E-state index contributed by atoms with van der Waals surface area (Å²) >= 11 is 11.9. The normalized spacial score (nSPS) is 25.3. The lowest BCUT2D eigenvalue weighted by Crippen LogP contribution is -2.29. The van der Waals surface area contributed by atoms with Crippen molar-refractivity contribution in [2.24, 2.45) is 0 Å². The predicted molar refractivity (Wildman–Crippen MR) is 76.4 cm³/mol. The molecule has 2 rings (SSSR count). The first kappa shape index (κ1) is 14.1. The first-order chi connectivity index (χ1) is 8.56. The Morgan fingerprint density at radius 1 is 1.33 bits per heavy atom. The molecule has 2 nitrogen and oxygen atoms in total. The van der Waals surface area contributed by atoms with Crippen molar-refractivity contribution in [3.8, 4) is 0 Å². The number of hydrogen-bond donors (Lipinski definition) is 1. The van der Waals surface area contributed by atoms with Crippen molar-refractivity contribution in [2.45, 2.75) is 44.9 Å². The maximum absolute atomic E-state index is 6.02. The van der Waals surface area contributed by atoms with Crippen LogP contribution >= 0.6 is 23.2 Å². The molecule has 1 heterocycles. The van der Waals surface area contributed by atoms with E-state index in [-0.39, 0.29) is 6.04 Å². The van der Waals surface area contributed by atoms with Crippen LogP contribution in [0.25, 0.3) is 0 Å². The van der Waals surface area contributed by atoms with Gasteiger partial charge in [0.1, 0.15) is 0 Å². The van der Waals surface area contributed by atoms with Gasteiger partial charge in [0.05, 0.1) is 22.3 Å². The van der Waals surface area contributed by atoms with Crippen LogP contribution in [0.3, 0.4) is 0 Å². The van der Waals surface area contributed by atoms with E-state index in [4.69, 9.17) is 27.9 Å². The maximum atomic E-state index is 6.02. The smallest absolute Gasteiger partial charge is 0.0704 e.